The first kappa shape index (κ1) is 21.4. The molecule has 0 unspecified atom stereocenters. The van der Waals surface area contributed by atoms with Crippen molar-refractivity contribution in [3.63, 3.8) is 0 Å². The Kier molecular flexibility index (Phi) is 6.57. The molecule has 2 aliphatic rings. The number of nitrogens with zero attached hydrogens (tertiary/aromatic N) is 2. The zero-order valence-electron chi connectivity index (χ0n) is 16.7. The Labute approximate surface area is 165 Å². The van der Waals surface area contributed by atoms with E-state index in [1.807, 2.05) is 6.07 Å². The van der Waals surface area contributed by atoms with Crippen molar-refractivity contribution in [2.24, 2.45) is 0 Å². The lowest BCUT2D eigenvalue weighted by molar-refractivity contribution is -0.274. The van der Waals surface area contributed by atoms with E-state index in [1.54, 1.807) is 6.07 Å². The van der Waals surface area contributed by atoms with Crippen LogP contribution in [0.15, 0.2) is 24.3 Å². The van der Waals surface area contributed by atoms with E-state index >= 15 is 0 Å². The van der Waals surface area contributed by atoms with Crippen LogP contribution in [0.25, 0.3) is 0 Å². The van der Waals surface area contributed by atoms with Gasteiger partial charge in [-0.2, -0.15) is 0 Å². The molecule has 4 nitrogen and oxygen atoms in total. The van der Waals surface area contributed by atoms with E-state index in [0.29, 0.717) is 25.4 Å². The van der Waals surface area contributed by atoms with Crippen LogP contribution >= 0.6 is 0 Å². The van der Waals surface area contributed by atoms with Crippen LogP contribution in [-0.2, 0) is 0 Å². The number of benzene rings is 1. The molecular weight excluding hydrogens is 369 g/mol. The molecule has 1 saturated carbocycles. The Morgan fingerprint density at radius 1 is 1.21 bits per heavy atom. The van der Waals surface area contributed by atoms with Crippen LogP contribution in [0.5, 0.6) is 5.75 Å². The third kappa shape index (κ3) is 5.39. The quantitative estimate of drug-likeness (QED) is 0.811. The fourth-order valence-corrected chi connectivity index (χ4v) is 4.57. The highest BCUT2D eigenvalue weighted by Gasteiger charge is 2.40. The van der Waals surface area contributed by atoms with Gasteiger partial charge in [0.1, 0.15) is 5.75 Å². The summed E-state index contributed by atoms with van der Waals surface area (Å²) in [5.41, 5.74) is -0.167. The number of aliphatic hydroxyl groups is 1. The van der Waals surface area contributed by atoms with Crippen LogP contribution in [0.4, 0.5) is 13.2 Å². The van der Waals surface area contributed by atoms with E-state index in [9.17, 15) is 18.3 Å². The lowest BCUT2D eigenvalue weighted by atomic mass is 9.72. The van der Waals surface area contributed by atoms with Crippen molar-refractivity contribution in [3.05, 3.63) is 29.8 Å². The van der Waals surface area contributed by atoms with Crippen molar-refractivity contribution in [2.45, 2.75) is 63.0 Å². The number of halogens is 3. The van der Waals surface area contributed by atoms with Crippen LogP contribution in [-0.4, -0.2) is 66.1 Å². The van der Waals surface area contributed by atoms with E-state index in [0.717, 1.165) is 44.5 Å². The topological polar surface area (TPSA) is 35.9 Å². The van der Waals surface area contributed by atoms with Crippen molar-refractivity contribution in [1.82, 2.24) is 9.80 Å². The van der Waals surface area contributed by atoms with Gasteiger partial charge in [0, 0.05) is 38.1 Å². The molecule has 1 saturated heterocycles. The van der Waals surface area contributed by atoms with Gasteiger partial charge in [0.2, 0.25) is 0 Å². The molecule has 2 atom stereocenters. The van der Waals surface area contributed by atoms with E-state index < -0.39 is 12.0 Å². The van der Waals surface area contributed by atoms with E-state index in [1.165, 1.54) is 12.1 Å². The summed E-state index contributed by atoms with van der Waals surface area (Å²) in [6.45, 7) is 5.55. The molecule has 0 radical (unpaired) electrons. The van der Waals surface area contributed by atoms with Crippen molar-refractivity contribution in [3.8, 4) is 5.75 Å². The highest BCUT2D eigenvalue weighted by molar-refractivity contribution is 5.33. The first-order chi connectivity index (χ1) is 13.2. The van der Waals surface area contributed by atoms with Gasteiger partial charge < -0.3 is 14.7 Å². The molecule has 0 aromatic heterocycles. The Morgan fingerprint density at radius 3 is 2.57 bits per heavy atom. The SMILES string of the molecule is C[C@@H]1CN(C[C@H](c2cccc(OC(F)(F)F)c2)C2(O)CCCCC2)CCN1C. The second kappa shape index (κ2) is 8.59. The highest BCUT2D eigenvalue weighted by Crippen LogP contribution is 2.41. The highest BCUT2D eigenvalue weighted by atomic mass is 19.4. The van der Waals surface area contributed by atoms with Gasteiger partial charge in [-0.05, 0) is 44.5 Å². The summed E-state index contributed by atoms with van der Waals surface area (Å²) in [4.78, 5) is 4.64. The maximum atomic E-state index is 12.7. The molecule has 1 N–H and O–H groups in total. The maximum absolute atomic E-state index is 12.7. The minimum atomic E-state index is -4.72. The Bertz CT molecular complexity index is 647. The van der Waals surface area contributed by atoms with Gasteiger partial charge in [0.25, 0.3) is 0 Å². The van der Waals surface area contributed by atoms with Crippen LogP contribution < -0.4 is 4.74 Å². The van der Waals surface area contributed by atoms with Crippen LogP contribution in [0.3, 0.4) is 0 Å². The average Bonchev–Trinajstić information content (AvgIpc) is 2.62. The van der Waals surface area contributed by atoms with Gasteiger partial charge in [-0.1, -0.05) is 31.4 Å². The summed E-state index contributed by atoms with van der Waals surface area (Å²) in [6.07, 6.45) is -0.354. The van der Waals surface area contributed by atoms with Gasteiger partial charge >= 0.3 is 6.36 Å². The number of ether oxygens (including phenoxy) is 1. The largest absolute Gasteiger partial charge is 0.573 e. The van der Waals surface area contributed by atoms with Crippen molar-refractivity contribution in [1.29, 1.82) is 0 Å². The number of alkyl halides is 3. The number of likely N-dealkylation sites (N-methyl/N-ethyl adjacent to an activating group) is 1. The fourth-order valence-electron chi connectivity index (χ4n) is 4.57. The molecule has 7 heteroatoms. The predicted molar refractivity (Wildman–Crippen MR) is 102 cm³/mol. The van der Waals surface area contributed by atoms with Crippen LogP contribution in [0, 0.1) is 0 Å². The van der Waals surface area contributed by atoms with Crippen molar-refractivity contribution in [2.75, 3.05) is 33.2 Å². The van der Waals surface area contributed by atoms with Gasteiger partial charge in [0.15, 0.2) is 0 Å². The molecule has 0 bridgehead atoms. The molecule has 1 aliphatic heterocycles. The molecule has 158 valence electrons. The summed E-state index contributed by atoms with van der Waals surface area (Å²) in [5.74, 6) is -0.457. The van der Waals surface area contributed by atoms with Crippen LogP contribution in [0.1, 0.15) is 50.5 Å². The smallest absolute Gasteiger partial charge is 0.406 e. The standard InChI is InChI=1S/C21H31F3N2O2/c1-16-14-26(12-11-25(16)2)15-19(20(27)9-4-3-5-10-20)17-7-6-8-18(13-17)28-21(22,23)24/h6-8,13,16,19,27H,3-5,9-12,14-15H2,1-2H3/t16-,19-/m1/s1. The molecule has 0 spiro atoms. The molecule has 1 aliphatic carbocycles. The third-order valence-corrected chi connectivity index (χ3v) is 6.35. The fraction of sp³-hybridized carbons (Fsp3) is 0.714. The molecule has 2 fully saturated rings. The monoisotopic (exact) mass is 400 g/mol. The lowest BCUT2D eigenvalue weighted by Crippen LogP contribution is -2.53. The summed E-state index contributed by atoms with van der Waals surface area (Å²) in [6, 6.07) is 6.58. The Morgan fingerprint density at radius 2 is 1.93 bits per heavy atom. The predicted octanol–water partition coefficient (Wildman–Crippen LogP) is 4.00. The first-order valence-corrected chi connectivity index (χ1v) is 10.2. The molecule has 28 heavy (non-hydrogen) atoms. The van der Waals surface area contributed by atoms with Gasteiger partial charge in [0.05, 0.1) is 5.60 Å². The van der Waals surface area contributed by atoms with Crippen molar-refractivity contribution >= 4 is 0 Å². The number of rotatable bonds is 5. The van der Waals surface area contributed by atoms with Gasteiger partial charge in [-0.25, -0.2) is 0 Å². The minimum absolute atomic E-state index is 0.221. The molecule has 1 aromatic carbocycles. The summed E-state index contributed by atoms with van der Waals surface area (Å²) in [7, 11) is 2.10. The van der Waals surface area contributed by atoms with Gasteiger partial charge in [-0.3, -0.25) is 4.90 Å². The first-order valence-electron chi connectivity index (χ1n) is 10.2. The summed E-state index contributed by atoms with van der Waals surface area (Å²) < 4.78 is 42.1. The van der Waals surface area contributed by atoms with E-state index in [4.69, 9.17) is 0 Å². The number of hydrogen-bond acceptors (Lipinski definition) is 4. The lowest BCUT2D eigenvalue weighted by Gasteiger charge is -2.44. The zero-order valence-corrected chi connectivity index (χ0v) is 16.7. The molecule has 3 rings (SSSR count). The normalized spacial score (nSPS) is 25.4. The second-order valence-electron chi connectivity index (χ2n) is 8.43. The minimum Gasteiger partial charge on any atom is -0.406 e. The number of piperazine rings is 1. The summed E-state index contributed by atoms with van der Waals surface area (Å²) in [5, 5.41) is 11.5. The Hall–Kier alpha value is -1.31. The molecular formula is C21H31F3N2O2. The third-order valence-electron chi connectivity index (χ3n) is 6.35. The number of hydrogen-bond donors (Lipinski definition) is 1. The molecule has 1 aromatic rings. The average molecular weight is 400 g/mol. The van der Waals surface area contributed by atoms with Gasteiger partial charge in [-0.15, -0.1) is 13.2 Å². The Balaban J connectivity index is 1.85. The second-order valence-corrected chi connectivity index (χ2v) is 8.43. The molecule has 1 heterocycles. The van der Waals surface area contributed by atoms with Crippen molar-refractivity contribution < 1.29 is 23.0 Å². The van der Waals surface area contributed by atoms with E-state index in [2.05, 4.69) is 28.5 Å². The maximum Gasteiger partial charge on any atom is 0.573 e. The van der Waals surface area contributed by atoms with E-state index in [-0.39, 0.29) is 11.7 Å². The molecule has 0 amide bonds. The summed E-state index contributed by atoms with van der Waals surface area (Å²) >= 11 is 0. The zero-order chi connectivity index (χ0) is 20.4. The van der Waals surface area contributed by atoms with Crippen LogP contribution in [0.2, 0.25) is 0 Å².